The molecule has 2 atom stereocenters. The normalized spacial score (nSPS) is 13.6. The van der Waals surface area contributed by atoms with Gasteiger partial charge in [-0.1, -0.05) is 187 Å². The Balaban J connectivity index is 4.08. The third-order valence-electron chi connectivity index (χ3n) is 10.5. The molecular formula is C47H93NO8P+. The van der Waals surface area contributed by atoms with E-state index in [-0.39, 0.29) is 25.6 Å². The van der Waals surface area contributed by atoms with E-state index in [4.69, 9.17) is 18.5 Å². The first-order chi connectivity index (χ1) is 27.5. The van der Waals surface area contributed by atoms with Crippen molar-refractivity contribution >= 4 is 19.8 Å². The van der Waals surface area contributed by atoms with Crippen LogP contribution >= 0.6 is 7.82 Å². The molecule has 0 aromatic heterocycles. The Kier molecular flexibility index (Phi) is 39.3. The number of phosphoric acid groups is 1. The molecule has 0 aliphatic heterocycles. The van der Waals surface area contributed by atoms with Crippen LogP contribution < -0.4 is 0 Å². The second-order valence-corrected chi connectivity index (χ2v) is 19.0. The summed E-state index contributed by atoms with van der Waals surface area (Å²) < 4.78 is 34.3. The zero-order valence-corrected chi connectivity index (χ0v) is 39.0. The molecule has 10 heteroatoms. The molecule has 0 radical (unpaired) electrons. The number of hydrogen-bond acceptors (Lipinski definition) is 7. The van der Waals surface area contributed by atoms with Gasteiger partial charge in [-0.3, -0.25) is 18.6 Å². The molecule has 0 spiro atoms. The molecule has 0 heterocycles. The van der Waals surface area contributed by atoms with Crippen molar-refractivity contribution in [1.29, 1.82) is 0 Å². The van der Waals surface area contributed by atoms with Crippen LogP contribution in [0.1, 0.15) is 226 Å². The number of unbranched alkanes of at least 4 members (excludes halogenated alkanes) is 28. The number of esters is 2. The number of ether oxygens (including phenoxy) is 2. The lowest BCUT2D eigenvalue weighted by Crippen LogP contribution is -2.37. The van der Waals surface area contributed by atoms with Crippen molar-refractivity contribution < 1.29 is 42.1 Å². The summed E-state index contributed by atoms with van der Waals surface area (Å²) in [6.45, 7) is 4.41. The number of hydrogen-bond donors (Lipinski definition) is 1. The van der Waals surface area contributed by atoms with Gasteiger partial charge in [0.05, 0.1) is 27.7 Å². The Morgan fingerprint density at radius 2 is 0.895 bits per heavy atom. The SMILES string of the molecule is CCCCCCCCCC/C=C\CCCCCCCCCCCCCCCC(=O)OC(COC(=O)CCCCCCCCCC)COP(=O)(O)OCC[N+](C)(C)C. The number of carbonyl (C=O) groups excluding carboxylic acids is 2. The highest BCUT2D eigenvalue weighted by molar-refractivity contribution is 7.47. The molecule has 0 aromatic rings. The average Bonchev–Trinajstić information content (AvgIpc) is 3.16. The molecule has 0 saturated heterocycles. The topological polar surface area (TPSA) is 108 Å². The van der Waals surface area contributed by atoms with Crippen LogP contribution in [0.2, 0.25) is 0 Å². The van der Waals surface area contributed by atoms with Gasteiger partial charge in [-0.15, -0.1) is 0 Å². The largest absolute Gasteiger partial charge is 0.472 e. The van der Waals surface area contributed by atoms with Crippen LogP contribution in [0.25, 0.3) is 0 Å². The summed E-state index contributed by atoms with van der Waals surface area (Å²) in [4.78, 5) is 35.3. The molecule has 0 rings (SSSR count). The lowest BCUT2D eigenvalue weighted by atomic mass is 10.0. The van der Waals surface area contributed by atoms with Gasteiger partial charge >= 0.3 is 19.8 Å². The van der Waals surface area contributed by atoms with Gasteiger partial charge in [0.1, 0.15) is 19.8 Å². The van der Waals surface area contributed by atoms with Crippen molar-refractivity contribution in [3.8, 4) is 0 Å². The van der Waals surface area contributed by atoms with E-state index in [1.165, 1.54) is 161 Å². The number of carbonyl (C=O) groups is 2. The Morgan fingerprint density at radius 1 is 0.526 bits per heavy atom. The maximum absolute atomic E-state index is 12.7. The van der Waals surface area contributed by atoms with Gasteiger partial charge in [0.25, 0.3) is 0 Å². The monoisotopic (exact) mass is 831 g/mol. The van der Waals surface area contributed by atoms with Gasteiger partial charge in [0.15, 0.2) is 6.10 Å². The molecule has 9 nitrogen and oxygen atoms in total. The van der Waals surface area contributed by atoms with Gasteiger partial charge in [0, 0.05) is 12.8 Å². The van der Waals surface area contributed by atoms with E-state index < -0.39 is 26.5 Å². The molecular weight excluding hydrogens is 737 g/mol. The lowest BCUT2D eigenvalue weighted by molar-refractivity contribution is -0.870. The van der Waals surface area contributed by atoms with Crippen molar-refractivity contribution in [2.24, 2.45) is 0 Å². The van der Waals surface area contributed by atoms with E-state index in [0.717, 1.165) is 32.1 Å². The van der Waals surface area contributed by atoms with Gasteiger partial charge in [-0.25, -0.2) is 4.57 Å². The number of allylic oxidation sites excluding steroid dienone is 2. The lowest BCUT2D eigenvalue weighted by Gasteiger charge is -2.24. The zero-order chi connectivity index (χ0) is 42.1. The number of likely N-dealkylation sites (N-methyl/N-ethyl adjacent to an activating group) is 1. The summed E-state index contributed by atoms with van der Waals surface area (Å²) in [5, 5.41) is 0. The first-order valence-corrected chi connectivity index (χ1v) is 25.4. The molecule has 0 bridgehead atoms. The van der Waals surface area contributed by atoms with Gasteiger partial charge in [-0.05, 0) is 38.5 Å². The molecule has 0 aliphatic rings. The fourth-order valence-electron chi connectivity index (χ4n) is 6.77. The van der Waals surface area contributed by atoms with Crippen molar-refractivity contribution in [3.05, 3.63) is 12.2 Å². The zero-order valence-electron chi connectivity index (χ0n) is 38.1. The maximum Gasteiger partial charge on any atom is 0.472 e. The Labute approximate surface area is 352 Å². The minimum atomic E-state index is -4.36. The number of rotatable bonds is 44. The minimum absolute atomic E-state index is 0.0349. The highest BCUT2D eigenvalue weighted by atomic mass is 31.2. The van der Waals surface area contributed by atoms with Crippen molar-refractivity contribution in [1.82, 2.24) is 0 Å². The van der Waals surface area contributed by atoms with Crippen molar-refractivity contribution in [2.45, 2.75) is 232 Å². The standard InChI is InChI=1S/C47H92NO8P/c1-6-8-10-12-14-16-17-18-19-20-21-22-23-24-25-26-27-28-29-30-31-32-34-36-38-40-47(50)56-45(44-55-57(51,52)54-42-41-48(3,4)5)43-53-46(49)39-37-35-33-15-13-11-9-7-2/h20-21,45H,6-19,22-44H2,1-5H3/p+1/b21-20-. The summed E-state index contributed by atoms with van der Waals surface area (Å²) in [6.07, 6.45) is 42.9. The van der Waals surface area contributed by atoms with Gasteiger partial charge < -0.3 is 18.9 Å². The number of phosphoric ester groups is 1. The molecule has 0 aliphatic carbocycles. The van der Waals surface area contributed by atoms with Crippen LogP contribution in [-0.4, -0.2) is 74.9 Å². The molecule has 2 unspecified atom stereocenters. The summed E-state index contributed by atoms with van der Waals surface area (Å²) >= 11 is 0. The van der Waals surface area contributed by atoms with E-state index in [1.807, 2.05) is 21.1 Å². The second-order valence-electron chi connectivity index (χ2n) is 17.5. The van der Waals surface area contributed by atoms with E-state index in [9.17, 15) is 19.0 Å². The summed E-state index contributed by atoms with van der Waals surface area (Å²) in [6, 6.07) is 0. The van der Waals surface area contributed by atoms with Crippen LogP contribution in [-0.2, 0) is 32.7 Å². The highest BCUT2D eigenvalue weighted by Crippen LogP contribution is 2.43. The molecule has 0 amide bonds. The summed E-state index contributed by atoms with van der Waals surface area (Å²) in [5.41, 5.74) is 0. The smallest absolute Gasteiger partial charge is 0.462 e. The third-order valence-corrected chi connectivity index (χ3v) is 11.5. The van der Waals surface area contributed by atoms with E-state index in [2.05, 4.69) is 26.0 Å². The number of quaternary nitrogens is 1. The summed E-state index contributed by atoms with van der Waals surface area (Å²) in [7, 11) is 1.49. The molecule has 1 N–H and O–H groups in total. The molecule has 0 saturated carbocycles. The van der Waals surface area contributed by atoms with Crippen LogP contribution in [0.4, 0.5) is 0 Å². The fraction of sp³-hybridized carbons (Fsp3) is 0.915. The molecule has 338 valence electrons. The third kappa shape index (κ3) is 44.1. The molecule has 57 heavy (non-hydrogen) atoms. The predicted octanol–water partition coefficient (Wildman–Crippen LogP) is 13.8. The quantitative estimate of drug-likeness (QED) is 0.0213. The van der Waals surface area contributed by atoms with Crippen LogP contribution in [0, 0.1) is 0 Å². The van der Waals surface area contributed by atoms with Crippen molar-refractivity contribution in [2.75, 3.05) is 47.5 Å². The fourth-order valence-corrected chi connectivity index (χ4v) is 7.52. The van der Waals surface area contributed by atoms with E-state index in [0.29, 0.717) is 23.9 Å². The highest BCUT2D eigenvalue weighted by Gasteiger charge is 2.27. The summed E-state index contributed by atoms with van der Waals surface area (Å²) in [5.74, 6) is -0.793. The minimum Gasteiger partial charge on any atom is -0.462 e. The van der Waals surface area contributed by atoms with Crippen LogP contribution in [0.15, 0.2) is 12.2 Å². The first-order valence-electron chi connectivity index (χ1n) is 23.9. The van der Waals surface area contributed by atoms with Gasteiger partial charge in [0.2, 0.25) is 0 Å². The van der Waals surface area contributed by atoms with Crippen molar-refractivity contribution in [3.63, 3.8) is 0 Å². The Hall–Kier alpha value is -1.25. The van der Waals surface area contributed by atoms with E-state index in [1.54, 1.807) is 0 Å². The molecule has 0 aromatic carbocycles. The predicted molar refractivity (Wildman–Crippen MR) is 238 cm³/mol. The maximum atomic E-state index is 12.7. The second kappa shape index (κ2) is 40.2. The van der Waals surface area contributed by atoms with Crippen LogP contribution in [0.5, 0.6) is 0 Å². The average molecular weight is 831 g/mol. The molecule has 0 fully saturated rings. The Morgan fingerprint density at radius 3 is 1.30 bits per heavy atom. The first kappa shape index (κ1) is 55.8. The number of nitrogens with zero attached hydrogens (tertiary/aromatic N) is 1. The Bertz CT molecular complexity index is 985. The van der Waals surface area contributed by atoms with E-state index >= 15 is 0 Å². The van der Waals surface area contributed by atoms with Crippen LogP contribution in [0.3, 0.4) is 0 Å². The van der Waals surface area contributed by atoms with Gasteiger partial charge in [-0.2, -0.15) is 0 Å².